The predicted octanol–water partition coefficient (Wildman–Crippen LogP) is 2.88. The second-order valence-electron chi connectivity index (χ2n) is 8.16. The van der Waals surface area contributed by atoms with Crippen LogP contribution in [0.2, 0.25) is 0 Å². The summed E-state index contributed by atoms with van der Waals surface area (Å²) in [4.78, 5) is 40.1. The lowest BCUT2D eigenvalue weighted by Gasteiger charge is -2.29. The van der Waals surface area contributed by atoms with Crippen LogP contribution in [0.25, 0.3) is 5.76 Å². The first-order valence-corrected chi connectivity index (χ1v) is 11.0. The molecule has 178 valence electrons. The fourth-order valence-electron chi connectivity index (χ4n) is 4.29. The maximum atomic E-state index is 13.4. The van der Waals surface area contributed by atoms with Crippen LogP contribution in [0.1, 0.15) is 23.6 Å². The minimum Gasteiger partial charge on any atom is -0.507 e. The molecule has 4 rings (SSSR count). The van der Waals surface area contributed by atoms with Crippen LogP contribution in [0.3, 0.4) is 0 Å². The molecule has 10 heteroatoms. The van der Waals surface area contributed by atoms with Gasteiger partial charge in [0.25, 0.3) is 17.4 Å². The van der Waals surface area contributed by atoms with Crippen molar-refractivity contribution in [1.29, 1.82) is 0 Å². The van der Waals surface area contributed by atoms with Crippen molar-refractivity contribution in [2.45, 2.75) is 12.5 Å². The Hall–Kier alpha value is -3.63. The highest BCUT2D eigenvalue weighted by Gasteiger charge is 2.45. The van der Waals surface area contributed by atoms with Crippen molar-refractivity contribution in [2.75, 3.05) is 39.4 Å². The molecular formula is C24H24FN3O6. The first-order chi connectivity index (χ1) is 16.4. The molecular weight excluding hydrogens is 445 g/mol. The van der Waals surface area contributed by atoms with Gasteiger partial charge in [0, 0.05) is 43.9 Å². The number of aliphatic hydroxyl groups is 1. The summed E-state index contributed by atoms with van der Waals surface area (Å²) < 4.78 is 18.7. The number of ketones is 1. The minimum atomic E-state index is -0.921. The zero-order chi connectivity index (χ0) is 24.2. The normalized spacial score (nSPS) is 20.6. The Morgan fingerprint density at radius 3 is 2.32 bits per heavy atom. The van der Waals surface area contributed by atoms with Crippen LogP contribution in [0.5, 0.6) is 0 Å². The van der Waals surface area contributed by atoms with E-state index in [9.17, 15) is 29.2 Å². The number of carbonyl (C=O) groups is 2. The predicted molar refractivity (Wildman–Crippen MR) is 120 cm³/mol. The second-order valence-corrected chi connectivity index (χ2v) is 8.16. The molecule has 1 amide bonds. The number of hydrogen-bond acceptors (Lipinski definition) is 7. The lowest BCUT2D eigenvalue weighted by atomic mass is 9.95. The first-order valence-electron chi connectivity index (χ1n) is 11.0. The maximum Gasteiger partial charge on any atom is 0.295 e. The molecule has 0 bridgehead atoms. The number of hydrogen-bond donors (Lipinski definition) is 1. The molecule has 2 aromatic rings. The maximum absolute atomic E-state index is 13.4. The molecule has 2 fully saturated rings. The Morgan fingerprint density at radius 2 is 1.71 bits per heavy atom. The van der Waals surface area contributed by atoms with Gasteiger partial charge >= 0.3 is 0 Å². The average Bonchev–Trinajstić information content (AvgIpc) is 3.10. The average molecular weight is 469 g/mol. The van der Waals surface area contributed by atoms with Crippen LogP contribution in [-0.4, -0.2) is 70.9 Å². The molecule has 0 aliphatic carbocycles. The van der Waals surface area contributed by atoms with Crippen molar-refractivity contribution >= 4 is 23.1 Å². The third kappa shape index (κ3) is 4.82. The third-order valence-corrected chi connectivity index (χ3v) is 6.05. The fourth-order valence-corrected chi connectivity index (χ4v) is 4.29. The van der Waals surface area contributed by atoms with E-state index in [1.165, 1.54) is 41.3 Å². The largest absolute Gasteiger partial charge is 0.507 e. The number of halogens is 1. The monoisotopic (exact) mass is 469 g/mol. The third-order valence-electron chi connectivity index (χ3n) is 6.05. The van der Waals surface area contributed by atoms with E-state index < -0.39 is 34.2 Å². The van der Waals surface area contributed by atoms with Crippen LogP contribution in [0.4, 0.5) is 10.1 Å². The molecule has 2 aromatic carbocycles. The smallest absolute Gasteiger partial charge is 0.295 e. The molecule has 1 unspecified atom stereocenters. The molecule has 0 aromatic heterocycles. The van der Waals surface area contributed by atoms with Crippen molar-refractivity contribution in [1.82, 2.24) is 9.80 Å². The van der Waals surface area contributed by atoms with Crippen molar-refractivity contribution in [3.8, 4) is 0 Å². The van der Waals surface area contributed by atoms with E-state index in [0.29, 0.717) is 31.7 Å². The molecule has 9 nitrogen and oxygen atoms in total. The van der Waals surface area contributed by atoms with Gasteiger partial charge in [-0.25, -0.2) is 4.39 Å². The number of rotatable bonds is 7. The summed E-state index contributed by atoms with van der Waals surface area (Å²) in [7, 11) is 0. The Balaban J connectivity index is 1.68. The summed E-state index contributed by atoms with van der Waals surface area (Å²) in [5.74, 6) is -2.53. The number of non-ortho nitro benzene ring substituents is 1. The van der Waals surface area contributed by atoms with Gasteiger partial charge in [-0.2, -0.15) is 0 Å². The SMILES string of the molecule is O=C1C(=O)N(CCCN2CCOCC2)C(c2ccc([N+](=O)[O-])cc2)C1=C(O)c1ccc(F)cc1. The molecule has 0 spiro atoms. The number of aliphatic hydroxyl groups excluding tert-OH is 1. The zero-order valence-corrected chi connectivity index (χ0v) is 18.4. The number of nitro benzene ring substituents is 1. The topological polar surface area (TPSA) is 113 Å². The van der Waals surface area contributed by atoms with Gasteiger partial charge in [-0.05, 0) is 48.4 Å². The molecule has 1 N–H and O–H groups in total. The lowest BCUT2D eigenvalue weighted by Crippen LogP contribution is -2.38. The Labute approximate surface area is 195 Å². The van der Waals surface area contributed by atoms with E-state index in [1.807, 2.05) is 0 Å². The molecule has 2 heterocycles. The van der Waals surface area contributed by atoms with E-state index in [1.54, 1.807) is 0 Å². The second kappa shape index (κ2) is 10.1. The molecule has 0 saturated carbocycles. The Bertz CT molecular complexity index is 1110. The molecule has 2 aliphatic heterocycles. The number of ether oxygens (including phenoxy) is 1. The minimum absolute atomic E-state index is 0.128. The van der Waals surface area contributed by atoms with Gasteiger partial charge in [0.1, 0.15) is 11.6 Å². The summed E-state index contributed by atoms with van der Waals surface area (Å²) in [6, 6.07) is 9.55. The number of nitro groups is 1. The summed E-state index contributed by atoms with van der Waals surface area (Å²) in [5.41, 5.74) is 0.392. The van der Waals surface area contributed by atoms with Gasteiger partial charge in [-0.3, -0.25) is 24.6 Å². The van der Waals surface area contributed by atoms with Crippen LogP contribution in [0.15, 0.2) is 54.1 Å². The highest BCUT2D eigenvalue weighted by atomic mass is 19.1. The van der Waals surface area contributed by atoms with Gasteiger partial charge in [0.15, 0.2) is 0 Å². The van der Waals surface area contributed by atoms with E-state index in [4.69, 9.17) is 4.74 Å². The summed E-state index contributed by atoms with van der Waals surface area (Å²) >= 11 is 0. The first kappa shape index (κ1) is 23.5. The zero-order valence-electron chi connectivity index (χ0n) is 18.4. The van der Waals surface area contributed by atoms with E-state index in [0.717, 1.165) is 25.2 Å². The Kier molecular flexibility index (Phi) is 6.99. The van der Waals surface area contributed by atoms with Gasteiger partial charge in [-0.15, -0.1) is 0 Å². The number of carbonyl (C=O) groups excluding carboxylic acids is 2. The molecule has 34 heavy (non-hydrogen) atoms. The van der Waals surface area contributed by atoms with Crippen molar-refractivity contribution < 1.29 is 28.7 Å². The summed E-state index contributed by atoms with van der Waals surface area (Å²) in [6.45, 7) is 3.82. The highest BCUT2D eigenvalue weighted by Crippen LogP contribution is 2.39. The van der Waals surface area contributed by atoms with Crippen LogP contribution < -0.4 is 0 Å². The van der Waals surface area contributed by atoms with Crippen LogP contribution in [-0.2, 0) is 14.3 Å². The molecule has 2 saturated heterocycles. The van der Waals surface area contributed by atoms with Crippen molar-refractivity contribution in [3.05, 3.63) is 81.2 Å². The summed E-state index contributed by atoms with van der Waals surface area (Å²) in [5, 5.41) is 22.0. The van der Waals surface area contributed by atoms with Crippen molar-refractivity contribution in [2.24, 2.45) is 0 Å². The van der Waals surface area contributed by atoms with Crippen LogP contribution >= 0.6 is 0 Å². The number of nitrogens with zero attached hydrogens (tertiary/aromatic N) is 3. The highest BCUT2D eigenvalue weighted by molar-refractivity contribution is 6.46. The number of Topliss-reactive ketones (excluding diaryl/α,β-unsaturated/α-hetero) is 1. The quantitative estimate of drug-likeness (QED) is 0.218. The number of likely N-dealkylation sites (tertiary alicyclic amines) is 1. The van der Waals surface area contributed by atoms with Crippen LogP contribution in [0, 0.1) is 15.9 Å². The Morgan fingerprint density at radius 1 is 1.06 bits per heavy atom. The van der Waals surface area contributed by atoms with Gasteiger partial charge in [-0.1, -0.05) is 0 Å². The summed E-state index contributed by atoms with van der Waals surface area (Å²) in [6.07, 6.45) is 0.590. The molecule has 1 atom stereocenters. The molecule has 0 radical (unpaired) electrons. The van der Waals surface area contributed by atoms with E-state index >= 15 is 0 Å². The van der Waals surface area contributed by atoms with Gasteiger partial charge < -0.3 is 14.7 Å². The van der Waals surface area contributed by atoms with Gasteiger partial charge in [0.2, 0.25) is 0 Å². The molecule has 2 aliphatic rings. The van der Waals surface area contributed by atoms with Crippen molar-refractivity contribution in [3.63, 3.8) is 0 Å². The number of amides is 1. The lowest BCUT2D eigenvalue weighted by molar-refractivity contribution is -0.384. The standard InChI is InChI=1S/C24H24FN3O6/c25-18-6-2-17(3-7-18)22(29)20-21(16-4-8-19(9-5-16)28(32)33)27(24(31)23(20)30)11-1-10-26-12-14-34-15-13-26/h2-9,21,29H,1,10-15H2. The van der Waals surface area contributed by atoms with E-state index in [-0.39, 0.29) is 23.4 Å². The fraction of sp³-hybridized carbons (Fsp3) is 0.333. The number of benzene rings is 2. The number of morpholine rings is 1. The van der Waals surface area contributed by atoms with E-state index in [2.05, 4.69) is 4.90 Å². The van der Waals surface area contributed by atoms with Gasteiger partial charge in [0.05, 0.1) is 29.8 Å².